The largest absolute Gasteiger partial charge is 0.454 e. The first kappa shape index (κ1) is 18.2. The van der Waals surface area contributed by atoms with Crippen LogP contribution >= 0.6 is 0 Å². The van der Waals surface area contributed by atoms with E-state index in [0.717, 1.165) is 68.2 Å². The number of ether oxygens (including phenoxy) is 1. The van der Waals surface area contributed by atoms with Gasteiger partial charge in [0.15, 0.2) is 5.76 Å². The molecule has 5 rings (SSSR count). The second kappa shape index (κ2) is 8.23. The maximum atomic E-state index is 6.15. The van der Waals surface area contributed by atoms with Gasteiger partial charge in [0.05, 0.1) is 13.2 Å². The van der Waals surface area contributed by atoms with Crippen LogP contribution in [0, 0.1) is 0 Å². The number of nitrogens with zero attached hydrogens (tertiary/aromatic N) is 3. The van der Waals surface area contributed by atoms with E-state index in [-0.39, 0.29) is 0 Å². The fraction of sp³-hybridized carbons (Fsp3) is 0.292. The van der Waals surface area contributed by atoms with Crippen LogP contribution in [0.25, 0.3) is 22.4 Å². The molecule has 0 amide bonds. The number of furan rings is 1. The highest BCUT2D eigenvalue weighted by molar-refractivity contribution is 5.82. The van der Waals surface area contributed by atoms with Crippen LogP contribution in [0.4, 0.5) is 0 Å². The highest BCUT2D eigenvalue weighted by Crippen LogP contribution is 2.30. The lowest BCUT2D eigenvalue weighted by Crippen LogP contribution is -2.25. The van der Waals surface area contributed by atoms with Gasteiger partial charge in [-0.3, -0.25) is 9.58 Å². The first-order chi connectivity index (χ1) is 14.3. The zero-order valence-corrected chi connectivity index (χ0v) is 16.5. The highest BCUT2D eigenvalue weighted by atomic mass is 16.5. The molecule has 1 saturated heterocycles. The smallest absolute Gasteiger partial charge is 0.156 e. The highest BCUT2D eigenvalue weighted by Gasteiger charge is 2.19. The average Bonchev–Trinajstić information content (AvgIpc) is 3.25. The van der Waals surface area contributed by atoms with Crippen molar-refractivity contribution in [3.63, 3.8) is 0 Å². The Balaban J connectivity index is 1.49. The third-order valence-corrected chi connectivity index (χ3v) is 5.39. The zero-order chi connectivity index (χ0) is 19.5. The van der Waals surface area contributed by atoms with Crippen molar-refractivity contribution in [2.75, 3.05) is 26.3 Å². The van der Waals surface area contributed by atoms with E-state index in [1.165, 1.54) is 11.1 Å². The molecule has 1 fully saturated rings. The average molecular weight is 387 g/mol. The summed E-state index contributed by atoms with van der Waals surface area (Å²) in [6, 6.07) is 20.7. The molecule has 0 spiro atoms. The summed E-state index contributed by atoms with van der Waals surface area (Å²) in [4.78, 5) is 2.45. The molecular formula is C24H25N3O2. The molecule has 148 valence electrons. The maximum Gasteiger partial charge on any atom is 0.156 e. The summed E-state index contributed by atoms with van der Waals surface area (Å²) in [7, 11) is 0. The summed E-state index contributed by atoms with van der Waals surface area (Å²) >= 11 is 0. The molecule has 0 unspecified atom stereocenters. The summed E-state index contributed by atoms with van der Waals surface area (Å²) in [5.41, 5.74) is 4.26. The van der Waals surface area contributed by atoms with Crippen molar-refractivity contribution in [1.29, 1.82) is 0 Å². The molecule has 1 aliphatic heterocycles. The molecule has 29 heavy (non-hydrogen) atoms. The van der Waals surface area contributed by atoms with Crippen molar-refractivity contribution in [2.24, 2.45) is 0 Å². The number of hydrogen-bond acceptors (Lipinski definition) is 4. The van der Waals surface area contributed by atoms with E-state index < -0.39 is 0 Å². The van der Waals surface area contributed by atoms with Crippen LogP contribution in [0.1, 0.15) is 17.5 Å². The third kappa shape index (κ3) is 4.11. The number of benzene rings is 2. The van der Waals surface area contributed by atoms with Gasteiger partial charge >= 0.3 is 0 Å². The lowest BCUT2D eigenvalue weighted by molar-refractivity contribution is 0.140. The van der Waals surface area contributed by atoms with Crippen LogP contribution in [0.3, 0.4) is 0 Å². The van der Waals surface area contributed by atoms with Crippen LogP contribution in [-0.2, 0) is 17.8 Å². The quantitative estimate of drug-likeness (QED) is 0.503. The number of rotatable bonds is 5. The summed E-state index contributed by atoms with van der Waals surface area (Å²) in [6.07, 6.45) is 3.24. The number of aromatic nitrogens is 2. The summed E-state index contributed by atoms with van der Waals surface area (Å²) in [6.45, 7) is 5.23. The molecule has 5 heteroatoms. The molecule has 0 N–H and O–H groups in total. The van der Waals surface area contributed by atoms with E-state index in [2.05, 4.69) is 47.5 Å². The van der Waals surface area contributed by atoms with Gasteiger partial charge in [0.2, 0.25) is 0 Å². The monoisotopic (exact) mass is 387 g/mol. The Kier molecular flexibility index (Phi) is 5.15. The zero-order valence-electron chi connectivity index (χ0n) is 16.5. The van der Waals surface area contributed by atoms with Crippen LogP contribution < -0.4 is 0 Å². The van der Waals surface area contributed by atoms with Gasteiger partial charge in [-0.2, -0.15) is 5.10 Å². The van der Waals surface area contributed by atoms with Crippen LogP contribution in [0.15, 0.2) is 71.3 Å². The van der Waals surface area contributed by atoms with Crippen LogP contribution in [0.5, 0.6) is 0 Å². The standard InChI is InChI=1S/C24H25N3O2/c1-2-7-19(8-3-1)16-27-18-21(17-26-11-6-13-28-14-12-26)24(25-27)23-15-20-9-4-5-10-22(20)29-23/h1-5,7-10,15,18H,6,11-14,16-17H2. The van der Waals surface area contributed by atoms with Gasteiger partial charge < -0.3 is 9.15 Å². The minimum atomic E-state index is 0.747. The van der Waals surface area contributed by atoms with Gasteiger partial charge in [-0.25, -0.2) is 0 Å². The topological polar surface area (TPSA) is 43.4 Å². The Morgan fingerprint density at radius 2 is 1.76 bits per heavy atom. The molecule has 5 nitrogen and oxygen atoms in total. The number of fused-ring (bicyclic) bond motifs is 1. The fourth-order valence-electron chi connectivity index (χ4n) is 3.93. The molecule has 0 radical (unpaired) electrons. The normalized spacial score (nSPS) is 15.6. The van der Waals surface area contributed by atoms with Crippen LogP contribution in [-0.4, -0.2) is 41.0 Å². The van der Waals surface area contributed by atoms with Crippen molar-refractivity contribution >= 4 is 11.0 Å². The number of para-hydroxylation sites is 1. The maximum absolute atomic E-state index is 6.15. The molecule has 0 saturated carbocycles. The molecule has 4 aromatic rings. The van der Waals surface area contributed by atoms with Gasteiger partial charge in [0.1, 0.15) is 11.3 Å². The Morgan fingerprint density at radius 1 is 0.897 bits per heavy atom. The Bertz CT molecular complexity index is 1040. The fourth-order valence-corrected chi connectivity index (χ4v) is 3.93. The molecule has 1 aliphatic rings. The van der Waals surface area contributed by atoms with Gasteiger partial charge in [-0.15, -0.1) is 0 Å². The molecule has 2 aromatic carbocycles. The van der Waals surface area contributed by atoms with Crippen molar-refractivity contribution in [3.8, 4) is 11.5 Å². The van der Waals surface area contributed by atoms with Crippen molar-refractivity contribution in [2.45, 2.75) is 19.5 Å². The molecule has 0 atom stereocenters. The van der Waals surface area contributed by atoms with E-state index in [0.29, 0.717) is 0 Å². The van der Waals surface area contributed by atoms with Gasteiger partial charge in [-0.1, -0.05) is 48.5 Å². The minimum Gasteiger partial charge on any atom is -0.454 e. The molecule has 0 aliphatic carbocycles. The SMILES string of the molecule is c1ccc(Cn2cc(CN3CCCOCC3)c(-c3cc4ccccc4o3)n2)cc1. The Labute approximate surface area is 170 Å². The Hall–Kier alpha value is -2.89. The second-order valence-corrected chi connectivity index (χ2v) is 7.58. The Morgan fingerprint density at radius 3 is 2.66 bits per heavy atom. The van der Waals surface area contributed by atoms with Crippen molar-refractivity contribution in [3.05, 3.63) is 78.0 Å². The van der Waals surface area contributed by atoms with Gasteiger partial charge in [-0.05, 0) is 24.1 Å². The second-order valence-electron chi connectivity index (χ2n) is 7.58. The van der Waals surface area contributed by atoms with E-state index in [9.17, 15) is 0 Å². The molecule has 3 heterocycles. The predicted octanol–water partition coefficient (Wildman–Crippen LogP) is 4.57. The third-order valence-electron chi connectivity index (χ3n) is 5.39. The lowest BCUT2D eigenvalue weighted by Gasteiger charge is -2.18. The van der Waals surface area contributed by atoms with E-state index in [4.69, 9.17) is 14.3 Å². The van der Waals surface area contributed by atoms with Gasteiger partial charge in [0, 0.05) is 43.4 Å². The van der Waals surface area contributed by atoms with Crippen LogP contribution in [0.2, 0.25) is 0 Å². The molecule has 0 bridgehead atoms. The first-order valence-corrected chi connectivity index (χ1v) is 10.2. The molecule has 2 aromatic heterocycles. The van der Waals surface area contributed by atoms with E-state index >= 15 is 0 Å². The molecular weight excluding hydrogens is 362 g/mol. The predicted molar refractivity (Wildman–Crippen MR) is 114 cm³/mol. The van der Waals surface area contributed by atoms with Crippen molar-refractivity contribution in [1.82, 2.24) is 14.7 Å². The van der Waals surface area contributed by atoms with Crippen molar-refractivity contribution < 1.29 is 9.15 Å². The van der Waals surface area contributed by atoms with E-state index in [1.807, 2.05) is 28.9 Å². The minimum absolute atomic E-state index is 0.747. The number of hydrogen-bond donors (Lipinski definition) is 0. The summed E-state index contributed by atoms with van der Waals surface area (Å²) < 4.78 is 13.8. The summed E-state index contributed by atoms with van der Waals surface area (Å²) in [5, 5.41) is 6.03. The van der Waals surface area contributed by atoms with Gasteiger partial charge in [0.25, 0.3) is 0 Å². The van der Waals surface area contributed by atoms with E-state index in [1.54, 1.807) is 0 Å². The first-order valence-electron chi connectivity index (χ1n) is 10.2. The lowest BCUT2D eigenvalue weighted by atomic mass is 10.1. The summed E-state index contributed by atoms with van der Waals surface area (Å²) in [5.74, 6) is 0.832.